The zero-order chi connectivity index (χ0) is 25.3. The Morgan fingerprint density at radius 3 is 2.41 bits per heavy atom. The van der Waals surface area contributed by atoms with Gasteiger partial charge in [0.2, 0.25) is 0 Å². The van der Waals surface area contributed by atoms with Crippen LogP contribution in [0.25, 0.3) is 0 Å². The van der Waals surface area contributed by atoms with Gasteiger partial charge < -0.3 is 14.9 Å². The Kier molecular flexibility index (Phi) is 8.99. The summed E-state index contributed by atoms with van der Waals surface area (Å²) in [6.07, 6.45) is 9.76. The van der Waals surface area contributed by atoms with Crippen molar-refractivity contribution in [3.8, 4) is 0 Å². The van der Waals surface area contributed by atoms with Crippen LogP contribution < -0.4 is 0 Å². The van der Waals surface area contributed by atoms with Gasteiger partial charge in [-0.05, 0) is 111 Å². The summed E-state index contributed by atoms with van der Waals surface area (Å²) in [6.45, 7) is 17.7. The third-order valence-electron chi connectivity index (χ3n) is 10.8. The van der Waals surface area contributed by atoms with Crippen LogP contribution >= 0.6 is 0 Å². The molecular weight excluding hydrogens is 424 g/mol. The first-order chi connectivity index (χ1) is 15.9. The van der Waals surface area contributed by atoms with Crippen LogP contribution in [-0.4, -0.2) is 35.0 Å². The molecule has 9 atom stereocenters. The largest absolute Gasteiger partial charge is 0.466 e. The van der Waals surface area contributed by atoms with Gasteiger partial charge in [0.05, 0.1) is 18.8 Å². The van der Waals surface area contributed by atoms with E-state index in [9.17, 15) is 15.0 Å². The van der Waals surface area contributed by atoms with E-state index in [2.05, 4.69) is 41.2 Å². The molecule has 0 unspecified atom stereocenters. The second kappa shape index (κ2) is 11.0. The van der Waals surface area contributed by atoms with E-state index in [-0.39, 0.29) is 29.0 Å². The van der Waals surface area contributed by atoms with Crippen molar-refractivity contribution in [3.63, 3.8) is 0 Å². The molecule has 34 heavy (non-hydrogen) atoms. The second-order valence-corrected chi connectivity index (χ2v) is 13.0. The van der Waals surface area contributed by atoms with Crippen LogP contribution in [0.3, 0.4) is 0 Å². The molecule has 3 saturated carbocycles. The molecule has 0 saturated heterocycles. The van der Waals surface area contributed by atoms with Crippen molar-refractivity contribution < 1.29 is 19.7 Å². The third-order valence-corrected chi connectivity index (χ3v) is 10.8. The lowest BCUT2D eigenvalue weighted by Crippen LogP contribution is -2.58. The summed E-state index contributed by atoms with van der Waals surface area (Å²) in [5.74, 6) is 2.49. The minimum absolute atomic E-state index is 0.138. The fourth-order valence-electron chi connectivity index (χ4n) is 8.34. The van der Waals surface area contributed by atoms with E-state index in [0.717, 1.165) is 64.2 Å². The highest BCUT2D eigenvalue weighted by molar-refractivity contribution is 5.65. The summed E-state index contributed by atoms with van der Waals surface area (Å²) in [5, 5.41) is 22.3. The topological polar surface area (TPSA) is 66.8 Å². The summed E-state index contributed by atoms with van der Waals surface area (Å²) in [7, 11) is 0. The predicted octanol–water partition coefficient (Wildman–Crippen LogP) is 6.54. The molecule has 0 bridgehead atoms. The second-order valence-electron chi connectivity index (χ2n) is 13.0. The first-order valence-corrected chi connectivity index (χ1v) is 14.1. The van der Waals surface area contributed by atoms with E-state index in [4.69, 9.17) is 4.74 Å². The van der Waals surface area contributed by atoms with Gasteiger partial charge in [-0.25, -0.2) is 0 Å². The molecule has 3 rings (SSSR count). The van der Waals surface area contributed by atoms with Gasteiger partial charge in [0.1, 0.15) is 0 Å². The molecule has 0 amide bonds. The molecule has 0 radical (unpaired) electrons. The SMILES string of the molecule is C=C(CC[C@@H](C)[C@@H](CCOC(C)=O)[C@@]1(C)CC[C@H]2[C@@H](CC[C@H]3C[C@@H](O)CC[C@@]32C)[C@@H]1O)C(C)C. The van der Waals surface area contributed by atoms with Gasteiger partial charge in [-0.15, -0.1) is 0 Å². The van der Waals surface area contributed by atoms with Crippen molar-refractivity contribution >= 4 is 5.97 Å². The number of hydrogen-bond donors (Lipinski definition) is 2. The van der Waals surface area contributed by atoms with E-state index < -0.39 is 0 Å². The average molecular weight is 477 g/mol. The molecule has 3 fully saturated rings. The molecule has 4 heteroatoms. The van der Waals surface area contributed by atoms with Gasteiger partial charge in [0.15, 0.2) is 0 Å². The number of carbonyl (C=O) groups is 1. The highest BCUT2D eigenvalue weighted by Gasteiger charge is 2.58. The number of hydrogen-bond acceptors (Lipinski definition) is 4. The molecule has 3 aliphatic rings. The van der Waals surface area contributed by atoms with Crippen LogP contribution in [0.5, 0.6) is 0 Å². The molecule has 3 aliphatic carbocycles. The van der Waals surface area contributed by atoms with Gasteiger partial charge in [-0.3, -0.25) is 4.79 Å². The molecule has 2 N–H and O–H groups in total. The number of allylic oxidation sites excluding steroid dienone is 1. The van der Waals surface area contributed by atoms with E-state index >= 15 is 0 Å². The van der Waals surface area contributed by atoms with E-state index in [1.54, 1.807) is 0 Å². The number of ether oxygens (including phenoxy) is 1. The molecule has 0 heterocycles. The predicted molar refractivity (Wildman–Crippen MR) is 138 cm³/mol. The maximum atomic E-state index is 12.0. The maximum Gasteiger partial charge on any atom is 0.302 e. The van der Waals surface area contributed by atoms with Crippen molar-refractivity contribution in [2.24, 2.45) is 46.3 Å². The number of fused-ring (bicyclic) bond motifs is 3. The quantitative estimate of drug-likeness (QED) is 0.293. The monoisotopic (exact) mass is 476 g/mol. The lowest BCUT2D eigenvalue weighted by Gasteiger charge is -2.61. The smallest absolute Gasteiger partial charge is 0.302 e. The van der Waals surface area contributed by atoms with E-state index in [0.29, 0.717) is 42.1 Å². The number of aliphatic hydroxyl groups is 2. The van der Waals surface area contributed by atoms with Crippen LogP contribution in [-0.2, 0) is 9.53 Å². The van der Waals surface area contributed by atoms with Crippen LogP contribution in [0.2, 0.25) is 0 Å². The van der Waals surface area contributed by atoms with Crippen LogP contribution in [0.15, 0.2) is 12.2 Å². The highest BCUT2D eigenvalue weighted by atomic mass is 16.5. The average Bonchev–Trinajstić information content (AvgIpc) is 2.77. The Labute approximate surface area is 208 Å². The Morgan fingerprint density at radius 1 is 1.06 bits per heavy atom. The summed E-state index contributed by atoms with van der Waals surface area (Å²) in [6, 6.07) is 0. The molecule has 196 valence electrons. The summed E-state index contributed by atoms with van der Waals surface area (Å²) < 4.78 is 5.40. The summed E-state index contributed by atoms with van der Waals surface area (Å²) in [4.78, 5) is 11.5. The van der Waals surface area contributed by atoms with Crippen molar-refractivity contribution in [1.29, 1.82) is 0 Å². The molecule has 0 aromatic carbocycles. The normalized spacial score (nSPS) is 39.6. The number of rotatable bonds is 9. The summed E-state index contributed by atoms with van der Waals surface area (Å²) in [5.41, 5.74) is 1.38. The molecule has 0 aromatic rings. The first kappa shape index (κ1) is 27.7. The zero-order valence-corrected chi connectivity index (χ0v) is 22.8. The highest BCUT2D eigenvalue weighted by Crippen LogP contribution is 2.63. The first-order valence-electron chi connectivity index (χ1n) is 14.1. The lowest BCUT2D eigenvalue weighted by molar-refractivity contribution is -0.176. The molecule has 0 spiro atoms. The van der Waals surface area contributed by atoms with Crippen LogP contribution in [0.1, 0.15) is 106 Å². The molecule has 0 aromatic heterocycles. The Bertz CT molecular complexity index is 717. The van der Waals surface area contributed by atoms with E-state index in [1.165, 1.54) is 12.5 Å². The van der Waals surface area contributed by atoms with E-state index in [1.807, 2.05) is 0 Å². The van der Waals surface area contributed by atoms with Crippen LogP contribution in [0.4, 0.5) is 0 Å². The zero-order valence-electron chi connectivity index (χ0n) is 22.8. The number of carbonyl (C=O) groups excluding carboxylic acids is 1. The van der Waals surface area contributed by atoms with Gasteiger partial charge in [0, 0.05) is 6.92 Å². The van der Waals surface area contributed by atoms with Crippen molar-refractivity contribution in [1.82, 2.24) is 0 Å². The third kappa shape index (κ3) is 5.59. The fourth-order valence-corrected chi connectivity index (χ4v) is 8.34. The standard InChI is InChI=1S/C30H52O4/c1-19(2)20(3)8-9-21(4)26(14-17-34-22(5)31)30(7)16-13-27-25(28(30)33)11-10-23-18-24(32)12-15-29(23,27)6/h19,21,23-28,32-33H,3,8-18H2,1-2,4-7H3/t21-,23+,24+,25-,26-,27+,28+,29+,30-/m1/s1. The molecule has 4 nitrogen and oxygen atoms in total. The van der Waals surface area contributed by atoms with Crippen molar-refractivity contribution in [2.75, 3.05) is 6.61 Å². The van der Waals surface area contributed by atoms with Crippen LogP contribution in [0, 0.1) is 46.3 Å². The number of aliphatic hydroxyl groups excluding tert-OH is 2. The molecule has 0 aliphatic heterocycles. The Morgan fingerprint density at radius 2 is 1.76 bits per heavy atom. The number of esters is 1. The van der Waals surface area contributed by atoms with Gasteiger partial charge in [-0.1, -0.05) is 46.8 Å². The van der Waals surface area contributed by atoms with Gasteiger partial charge in [0.25, 0.3) is 0 Å². The minimum atomic E-state index is -0.325. The minimum Gasteiger partial charge on any atom is -0.466 e. The van der Waals surface area contributed by atoms with Gasteiger partial charge in [-0.2, -0.15) is 0 Å². The van der Waals surface area contributed by atoms with Gasteiger partial charge >= 0.3 is 5.97 Å². The lowest BCUT2D eigenvalue weighted by atomic mass is 9.45. The Hall–Kier alpha value is -0.870. The summed E-state index contributed by atoms with van der Waals surface area (Å²) >= 11 is 0. The fraction of sp³-hybridized carbons (Fsp3) is 0.900. The maximum absolute atomic E-state index is 12.0. The molecular formula is C30H52O4. The van der Waals surface area contributed by atoms with Crippen molar-refractivity contribution in [2.45, 2.75) is 118 Å². The van der Waals surface area contributed by atoms with Crippen molar-refractivity contribution in [3.05, 3.63) is 12.2 Å². The Balaban J connectivity index is 1.79.